The average molecular weight is 250 g/mol. The first kappa shape index (κ1) is 13.6. The highest BCUT2D eigenvalue weighted by Crippen LogP contribution is 2.05. The van der Waals surface area contributed by atoms with E-state index >= 15 is 0 Å². The second-order valence-corrected chi connectivity index (χ2v) is 3.60. The van der Waals surface area contributed by atoms with Crippen LogP contribution in [0.15, 0.2) is 12.4 Å². The summed E-state index contributed by atoms with van der Waals surface area (Å²) in [7, 11) is 0. The third-order valence-corrected chi connectivity index (χ3v) is 2.16. The summed E-state index contributed by atoms with van der Waals surface area (Å²) in [5.74, 6) is 1.70. The first-order valence-electron chi connectivity index (χ1n) is 5.24. The van der Waals surface area contributed by atoms with E-state index in [4.69, 9.17) is 11.5 Å². The molecule has 1 heterocycles. The molecule has 1 unspecified atom stereocenters. The number of hydrogen-bond donors (Lipinski definition) is 3. The molecule has 3 N–H and O–H groups in total. The van der Waals surface area contributed by atoms with Crippen molar-refractivity contribution in [3.63, 3.8) is 0 Å². The van der Waals surface area contributed by atoms with Crippen molar-refractivity contribution in [2.24, 2.45) is 0 Å². The van der Waals surface area contributed by atoms with E-state index in [0.29, 0.717) is 5.82 Å². The lowest BCUT2D eigenvalue weighted by Gasteiger charge is -2.21. The third kappa shape index (κ3) is 3.83. The van der Waals surface area contributed by atoms with Gasteiger partial charge in [-0.15, -0.1) is 6.42 Å². The fraction of sp³-hybridized carbons (Fsp3) is 0.364. The van der Waals surface area contributed by atoms with Crippen LogP contribution in [0.2, 0.25) is 0 Å². The van der Waals surface area contributed by atoms with E-state index in [1.54, 1.807) is 19.3 Å². The Morgan fingerprint density at radius 1 is 1.72 bits per heavy atom. The van der Waals surface area contributed by atoms with E-state index in [2.05, 4.69) is 21.2 Å². The molecule has 1 atom stereocenters. The van der Waals surface area contributed by atoms with Gasteiger partial charge in [-0.25, -0.2) is 9.78 Å². The SMILES string of the molecule is C#CCN(CC(=O)O)C(=O)NC(C)c1ncc[nH]1. The van der Waals surface area contributed by atoms with Crippen molar-refractivity contribution in [2.75, 3.05) is 13.1 Å². The number of aliphatic carboxylic acids is 1. The first-order chi connectivity index (χ1) is 8.54. The molecule has 0 saturated carbocycles. The predicted molar refractivity (Wildman–Crippen MR) is 63.6 cm³/mol. The molecule has 0 radical (unpaired) electrons. The number of carboxylic acids is 1. The van der Waals surface area contributed by atoms with Gasteiger partial charge in [0.2, 0.25) is 0 Å². The van der Waals surface area contributed by atoms with Gasteiger partial charge in [-0.2, -0.15) is 0 Å². The van der Waals surface area contributed by atoms with E-state index in [-0.39, 0.29) is 12.6 Å². The van der Waals surface area contributed by atoms with Crippen molar-refractivity contribution in [3.05, 3.63) is 18.2 Å². The molecule has 7 heteroatoms. The minimum absolute atomic E-state index is 0.0665. The van der Waals surface area contributed by atoms with Crippen molar-refractivity contribution in [3.8, 4) is 12.3 Å². The number of amides is 2. The van der Waals surface area contributed by atoms with Crippen molar-refractivity contribution in [1.82, 2.24) is 20.2 Å². The van der Waals surface area contributed by atoms with Crippen molar-refractivity contribution in [2.45, 2.75) is 13.0 Å². The Kier molecular flexibility index (Phi) is 4.75. The van der Waals surface area contributed by atoms with Gasteiger partial charge < -0.3 is 20.3 Å². The highest BCUT2D eigenvalue weighted by molar-refractivity contribution is 5.80. The van der Waals surface area contributed by atoms with Gasteiger partial charge in [0, 0.05) is 12.4 Å². The molecule has 7 nitrogen and oxygen atoms in total. The topological polar surface area (TPSA) is 98.3 Å². The monoisotopic (exact) mass is 250 g/mol. The van der Waals surface area contributed by atoms with Crippen LogP contribution in [0.5, 0.6) is 0 Å². The van der Waals surface area contributed by atoms with Gasteiger partial charge in [-0.05, 0) is 6.92 Å². The Balaban J connectivity index is 2.61. The van der Waals surface area contributed by atoms with Gasteiger partial charge in [0.15, 0.2) is 0 Å². The van der Waals surface area contributed by atoms with Gasteiger partial charge in [-0.1, -0.05) is 5.92 Å². The number of urea groups is 1. The lowest BCUT2D eigenvalue weighted by atomic mass is 10.3. The van der Waals surface area contributed by atoms with Crippen LogP contribution < -0.4 is 5.32 Å². The van der Waals surface area contributed by atoms with Crippen LogP contribution in [0, 0.1) is 12.3 Å². The Hall–Kier alpha value is -2.49. The Morgan fingerprint density at radius 3 is 2.94 bits per heavy atom. The van der Waals surface area contributed by atoms with Crippen molar-refractivity contribution < 1.29 is 14.7 Å². The first-order valence-corrected chi connectivity index (χ1v) is 5.24. The Bertz CT molecular complexity index is 449. The summed E-state index contributed by atoms with van der Waals surface area (Å²) in [6, 6.07) is -0.902. The highest BCUT2D eigenvalue weighted by Gasteiger charge is 2.18. The number of nitrogens with zero attached hydrogens (tertiary/aromatic N) is 2. The van der Waals surface area contributed by atoms with Crippen LogP contribution in [0.3, 0.4) is 0 Å². The lowest BCUT2D eigenvalue weighted by Crippen LogP contribution is -2.43. The lowest BCUT2D eigenvalue weighted by molar-refractivity contribution is -0.137. The van der Waals surface area contributed by atoms with Crippen LogP contribution >= 0.6 is 0 Å². The zero-order valence-electron chi connectivity index (χ0n) is 9.88. The van der Waals surface area contributed by atoms with E-state index in [0.717, 1.165) is 4.90 Å². The maximum Gasteiger partial charge on any atom is 0.323 e. The molecule has 0 aromatic carbocycles. The molecule has 18 heavy (non-hydrogen) atoms. The van der Waals surface area contributed by atoms with Gasteiger partial charge in [0.05, 0.1) is 12.6 Å². The number of terminal acetylenes is 1. The molecule has 0 aliphatic heterocycles. The maximum atomic E-state index is 11.8. The molecule has 2 amide bonds. The Morgan fingerprint density at radius 2 is 2.44 bits per heavy atom. The zero-order chi connectivity index (χ0) is 13.5. The van der Waals surface area contributed by atoms with E-state index in [1.807, 2.05) is 0 Å². The van der Waals surface area contributed by atoms with Crippen LogP contribution in [-0.2, 0) is 4.79 Å². The molecule has 0 aliphatic rings. The highest BCUT2D eigenvalue weighted by atomic mass is 16.4. The summed E-state index contributed by atoms with van der Waals surface area (Å²) in [5, 5.41) is 11.3. The molecule has 0 aliphatic carbocycles. The summed E-state index contributed by atoms with van der Waals surface area (Å²) in [6.45, 7) is 1.22. The fourth-order valence-corrected chi connectivity index (χ4v) is 1.33. The molecule has 96 valence electrons. The molecule has 1 aromatic heterocycles. The van der Waals surface area contributed by atoms with E-state index in [9.17, 15) is 9.59 Å². The van der Waals surface area contributed by atoms with Gasteiger partial charge in [0.1, 0.15) is 12.4 Å². The van der Waals surface area contributed by atoms with Gasteiger partial charge >= 0.3 is 12.0 Å². The number of imidazole rings is 1. The second-order valence-electron chi connectivity index (χ2n) is 3.60. The van der Waals surface area contributed by atoms with Gasteiger partial charge in [-0.3, -0.25) is 4.79 Å². The van der Waals surface area contributed by atoms with Crippen molar-refractivity contribution in [1.29, 1.82) is 0 Å². The smallest absolute Gasteiger partial charge is 0.323 e. The number of carbonyl (C=O) groups is 2. The van der Waals surface area contributed by atoms with Crippen LogP contribution in [0.1, 0.15) is 18.8 Å². The third-order valence-electron chi connectivity index (χ3n) is 2.16. The number of nitrogens with one attached hydrogen (secondary N) is 2. The number of H-pyrrole nitrogens is 1. The normalized spacial score (nSPS) is 11.3. The number of carbonyl (C=O) groups excluding carboxylic acids is 1. The molecule has 0 spiro atoms. The number of aromatic nitrogens is 2. The molecule has 1 aromatic rings. The second kappa shape index (κ2) is 6.30. The standard InChI is InChI=1S/C11H14N4O3/c1-3-6-15(7-9(16)17)11(18)14-8(2)10-12-4-5-13-10/h1,4-5,8H,6-7H2,2H3,(H,12,13)(H,14,18)(H,16,17). The molecule has 1 rings (SSSR count). The van der Waals surface area contributed by atoms with E-state index in [1.165, 1.54) is 0 Å². The predicted octanol–water partition coefficient (Wildman–Crippen LogP) is 0.200. The van der Waals surface area contributed by atoms with Crippen LogP contribution in [0.4, 0.5) is 4.79 Å². The van der Waals surface area contributed by atoms with Gasteiger partial charge in [0.25, 0.3) is 0 Å². The molecule has 0 bridgehead atoms. The summed E-state index contributed by atoms with van der Waals surface area (Å²) >= 11 is 0. The largest absolute Gasteiger partial charge is 0.480 e. The zero-order valence-corrected chi connectivity index (χ0v) is 9.88. The summed E-state index contributed by atoms with van der Waals surface area (Å²) < 4.78 is 0. The average Bonchev–Trinajstić information content (AvgIpc) is 2.81. The van der Waals surface area contributed by atoms with Crippen molar-refractivity contribution >= 4 is 12.0 Å². The van der Waals surface area contributed by atoms with E-state index < -0.39 is 18.5 Å². The summed E-state index contributed by atoms with van der Waals surface area (Å²) in [4.78, 5) is 30.3. The maximum absolute atomic E-state index is 11.8. The summed E-state index contributed by atoms with van der Waals surface area (Å²) in [6.07, 6.45) is 8.28. The number of carboxylic acid groups (broad SMARTS) is 1. The fourth-order valence-electron chi connectivity index (χ4n) is 1.33. The number of aromatic amines is 1. The Labute approximate surface area is 104 Å². The number of rotatable bonds is 5. The molecular formula is C11H14N4O3. The quantitative estimate of drug-likeness (QED) is 0.650. The van der Waals surface area contributed by atoms with Crippen LogP contribution in [-0.4, -0.2) is 45.1 Å². The minimum atomic E-state index is -1.12. The molecule has 0 saturated heterocycles. The summed E-state index contributed by atoms with van der Waals surface area (Å²) in [5.41, 5.74) is 0. The molecule has 0 fully saturated rings. The minimum Gasteiger partial charge on any atom is -0.480 e. The van der Waals surface area contributed by atoms with Crippen LogP contribution in [0.25, 0.3) is 0 Å². The molecular weight excluding hydrogens is 236 g/mol. The number of hydrogen-bond acceptors (Lipinski definition) is 3.